The van der Waals surface area contributed by atoms with Gasteiger partial charge in [0.2, 0.25) is 0 Å². The van der Waals surface area contributed by atoms with E-state index in [0.717, 1.165) is 0 Å². The van der Waals surface area contributed by atoms with Crippen LogP contribution in [0.3, 0.4) is 0 Å². The summed E-state index contributed by atoms with van der Waals surface area (Å²) in [5.41, 5.74) is 1.08. The largest absolute Gasteiger partial charge is 2.00 e. The zero-order valence-corrected chi connectivity index (χ0v) is 27.6. The smallest absolute Gasteiger partial charge is 0.358 e. The van der Waals surface area contributed by atoms with Gasteiger partial charge in [-0.05, 0) is 63.1 Å². The first-order valence-corrected chi connectivity index (χ1v) is 18.3. The molecular weight excluding hydrogens is 529 g/mol. The minimum absolute atomic E-state index is 0. The van der Waals surface area contributed by atoms with Gasteiger partial charge in [0.15, 0.2) is 0 Å². The number of carbonyl (C=O) groups excluding carboxylic acids is 1. The number of nitrogens with zero attached hydrogens (tertiary/aromatic N) is 1. The fraction of sp³-hybridized carbons (Fsp3) is 0.531. The van der Waals surface area contributed by atoms with Crippen LogP contribution in [-0.2, 0) is 21.9 Å². The molecule has 2 saturated carbocycles. The van der Waals surface area contributed by atoms with Crippen molar-refractivity contribution in [2.45, 2.75) is 82.3 Å². The molecule has 0 aliphatic heterocycles. The van der Waals surface area contributed by atoms with E-state index in [2.05, 4.69) is 106 Å². The zero-order chi connectivity index (χ0) is 24.7. The third-order valence-electron chi connectivity index (χ3n) is 8.14. The Bertz CT molecular complexity index is 822. The Morgan fingerprint density at radius 3 is 1.57 bits per heavy atom. The molecule has 2 aliphatic rings. The maximum absolute atomic E-state index is 12.5. The molecule has 4 rings (SSSR count). The predicted molar refractivity (Wildman–Crippen MR) is 167 cm³/mol. The van der Waals surface area contributed by atoms with Gasteiger partial charge in [0.1, 0.15) is 6.29 Å². The van der Waals surface area contributed by atoms with Gasteiger partial charge >= 0.3 is 17.1 Å². The molecule has 2 aromatic carbocycles. The summed E-state index contributed by atoms with van der Waals surface area (Å²) in [5.74, 6) is 0.562. The fourth-order valence-electron chi connectivity index (χ4n) is 6.07. The molecule has 0 bridgehead atoms. The molecule has 0 radical (unpaired) electrons. The van der Waals surface area contributed by atoms with E-state index in [1.165, 1.54) is 55.4 Å². The summed E-state index contributed by atoms with van der Waals surface area (Å²) in [6, 6.07) is 22.5. The predicted octanol–water partition coefficient (Wildman–Crippen LogP) is 7.83. The van der Waals surface area contributed by atoms with Crippen LogP contribution >= 0.6 is 7.92 Å². The molecular formula is C32H52FeNOPSi. The average Bonchev–Trinajstić information content (AvgIpc) is 3.52. The number of rotatable bonds is 7. The fourth-order valence-corrected chi connectivity index (χ4v) is 12.0. The molecule has 2 aliphatic carbocycles. The van der Waals surface area contributed by atoms with Gasteiger partial charge in [-0.3, -0.25) is 0 Å². The first-order valence-electron chi connectivity index (χ1n) is 13.3. The van der Waals surface area contributed by atoms with Crippen LogP contribution in [-0.4, -0.2) is 45.1 Å². The molecule has 208 valence electrons. The van der Waals surface area contributed by atoms with Crippen LogP contribution in [0.2, 0.25) is 25.2 Å². The number of aldehydes is 1. The van der Waals surface area contributed by atoms with E-state index in [1.54, 1.807) is 0 Å². The van der Waals surface area contributed by atoms with Crippen LogP contribution in [0.1, 0.15) is 45.4 Å². The van der Waals surface area contributed by atoms with Gasteiger partial charge in [-0.15, -0.1) is 0 Å². The first-order chi connectivity index (χ1) is 16.3. The van der Waals surface area contributed by atoms with Gasteiger partial charge < -0.3 is 24.5 Å². The van der Waals surface area contributed by atoms with E-state index in [4.69, 9.17) is 0 Å². The van der Waals surface area contributed by atoms with Crippen LogP contribution in [0.15, 0.2) is 60.7 Å². The molecule has 0 N–H and O–H groups in total. The first kappa shape index (κ1) is 36.2. The Labute approximate surface area is 242 Å². The second-order valence-electron chi connectivity index (χ2n) is 11.6. The van der Waals surface area contributed by atoms with E-state index in [1.807, 2.05) is 0 Å². The number of carbonyl (C=O) groups is 1. The van der Waals surface area contributed by atoms with Crippen molar-refractivity contribution >= 4 is 32.9 Å². The Morgan fingerprint density at radius 1 is 0.838 bits per heavy atom. The maximum atomic E-state index is 12.5. The van der Waals surface area contributed by atoms with Gasteiger partial charge in [0, 0.05) is 20.0 Å². The van der Waals surface area contributed by atoms with Crippen molar-refractivity contribution in [1.82, 2.24) is 4.90 Å². The summed E-state index contributed by atoms with van der Waals surface area (Å²) in [4.78, 5) is 14.8. The number of benzene rings is 2. The van der Waals surface area contributed by atoms with Crippen molar-refractivity contribution in [1.29, 1.82) is 0 Å². The molecule has 2 nitrogen and oxygen atoms in total. The quantitative estimate of drug-likeness (QED) is 0.144. The van der Waals surface area contributed by atoms with E-state index >= 15 is 0 Å². The molecule has 2 fully saturated rings. The standard InChI is InChI=1S/C25H36NOPSi.C5H10.2CH3.Fe/c1-19(26(2)3)25-22(18-27)24(29(4,5)6)17-23(25)28(20-13-9-7-10-14-20)21-15-11-8-12-16-21;1-2-4-5-3-1;;;/h7-16,18-19,22-25H,17H2,1-6H3;1-5H2;2*1H3;/q;;2*-1;+2/t19-,22?,23?,24?,25?;;;;/m1..../s1. The normalized spacial score (nSPS) is 23.7. The monoisotopic (exact) mass is 581 g/mol. The maximum Gasteiger partial charge on any atom is 2.00 e. The molecule has 2 aromatic rings. The molecule has 0 spiro atoms. The molecule has 37 heavy (non-hydrogen) atoms. The number of hydrogen-bond donors (Lipinski definition) is 0. The van der Waals surface area contributed by atoms with Crippen LogP contribution in [0.4, 0.5) is 0 Å². The van der Waals surface area contributed by atoms with Crippen LogP contribution < -0.4 is 10.6 Å². The van der Waals surface area contributed by atoms with Gasteiger partial charge in [-0.1, -0.05) is 112 Å². The molecule has 4 unspecified atom stereocenters. The van der Waals surface area contributed by atoms with Crippen molar-refractivity contribution in [3.05, 3.63) is 75.5 Å². The molecule has 0 amide bonds. The summed E-state index contributed by atoms with van der Waals surface area (Å²) in [6.07, 6.45) is 9.99. The SMILES string of the molecule is C1CCCC1.C[C@H](C1C(C=O)C([Si](C)(C)C)CC1P(c1ccccc1)c1ccccc1)N(C)C.[CH3-].[CH3-].[Fe+2]. The van der Waals surface area contributed by atoms with Gasteiger partial charge in [-0.2, -0.15) is 0 Å². The third kappa shape index (κ3) is 9.43. The van der Waals surface area contributed by atoms with Gasteiger partial charge in [0.25, 0.3) is 0 Å². The summed E-state index contributed by atoms with van der Waals surface area (Å²) >= 11 is 0. The van der Waals surface area contributed by atoms with E-state index in [0.29, 0.717) is 23.2 Å². The summed E-state index contributed by atoms with van der Waals surface area (Å²) in [7, 11) is 2.35. The molecule has 5 heteroatoms. The Kier molecular flexibility index (Phi) is 16.7. The van der Waals surface area contributed by atoms with E-state index in [9.17, 15) is 4.79 Å². The minimum Gasteiger partial charge on any atom is -0.358 e. The zero-order valence-electron chi connectivity index (χ0n) is 24.6. The Hall–Kier alpha value is -0.764. The van der Waals surface area contributed by atoms with Crippen LogP contribution in [0.25, 0.3) is 0 Å². The van der Waals surface area contributed by atoms with Crippen LogP contribution in [0.5, 0.6) is 0 Å². The second kappa shape index (κ2) is 17.0. The Morgan fingerprint density at radius 2 is 1.24 bits per heavy atom. The van der Waals surface area contributed by atoms with Gasteiger partial charge in [0.05, 0.1) is 0 Å². The molecule has 0 saturated heterocycles. The third-order valence-corrected chi connectivity index (χ3v) is 13.9. The van der Waals surface area contributed by atoms with Gasteiger partial charge in [-0.25, -0.2) is 0 Å². The second-order valence-corrected chi connectivity index (χ2v) is 19.5. The van der Waals surface area contributed by atoms with E-state index in [-0.39, 0.29) is 37.8 Å². The van der Waals surface area contributed by atoms with Crippen molar-refractivity contribution in [3.63, 3.8) is 0 Å². The van der Waals surface area contributed by atoms with Crippen molar-refractivity contribution < 1.29 is 21.9 Å². The minimum atomic E-state index is -1.46. The molecule has 0 heterocycles. The molecule has 5 atom stereocenters. The van der Waals surface area contributed by atoms with Crippen molar-refractivity contribution in [2.75, 3.05) is 14.1 Å². The van der Waals surface area contributed by atoms with E-state index < -0.39 is 16.0 Å². The Balaban J connectivity index is 0.00000145. The topological polar surface area (TPSA) is 20.3 Å². The average molecular weight is 582 g/mol. The van der Waals surface area contributed by atoms with Crippen LogP contribution in [0, 0.1) is 26.7 Å². The number of hydrogen-bond acceptors (Lipinski definition) is 2. The summed E-state index contributed by atoms with van der Waals surface area (Å²) in [6.45, 7) is 9.66. The van der Waals surface area contributed by atoms with Crippen molar-refractivity contribution in [3.8, 4) is 0 Å². The summed E-state index contributed by atoms with van der Waals surface area (Å²) < 4.78 is 0. The summed E-state index contributed by atoms with van der Waals surface area (Å²) in [5, 5.41) is 2.88. The van der Waals surface area contributed by atoms with Crippen molar-refractivity contribution in [2.24, 2.45) is 11.8 Å². The molecule has 0 aromatic heterocycles.